The lowest BCUT2D eigenvalue weighted by atomic mass is 10.2. The molecule has 0 radical (unpaired) electrons. The number of carbonyl (C=O) groups excluding carboxylic acids is 2. The molecule has 23 heavy (non-hydrogen) atoms. The lowest BCUT2D eigenvalue weighted by Gasteiger charge is -2.11. The van der Waals surface area contributed by atoms with Gasteiger partial charge in [0.2, 0.25) is 5.91 Å². The van der Waals surface area contributed by atoms with Crippen molar-refractivity contribution in [3.8, 4) is 0 Å². The number of rotatable bonds is 7. The van der Waals surface area contributed by atoms with E-state index in [4.69, 9.17) is 0 Å². The molecular weight excluding hydrogens is 292 g/mol. The average Bonchev–Trinajstić information content (AvgIpc) is 2.94. The predicted octanol–water partition coefficient (Wildman–Crippen LogP) is 1.81. The van der Waals surface area contributed by atoms with E-state index < -0.39 is 0 Å². The molecular formula is C17H24N4O2. The zero-order chi connectivity index (χ0) is 16.7. The molecule has 2 N–H and O–H groups in total. The van der Waals surface area contributed by atoms with Crippen LogP contribution in [-0.4, -0.2) is 48.6 Å². The highest BCUT2D eigenvalue weighted by Crippen LogP contribution is 2.15. The van der Waals surface area contributed by atoms with Crippen molar-refractivity contribution in [2.45, 2.75) is 19.4 Å². The van der Waals surface area contributed by atoms with Gasteiger partial charge in [0.25, 0.3) is 0 Å². The molecule has 0 bridgehead atoms. The average molecular weight is 316 g/mol. The first-order valence-electron chi connectivity index (χ1n) is 7.83. The van der Waals surface area contributed by atoms with Crippen molar-refractivity contribution in [3.63, 3.8) is 0 Å². The Bertz CT molecular complexity index is 663. The highest BCUT2D eigenvalue weighted by atomic mass is 16.2. The van der Waals surface area contributed by atoms with Crippen LogP contribution in [0.15, 0.2) is 36.5 Å². The fourth-order valence-electron chi connectivity index (χ4n) is 2.36. The van der Waals surface area contributed by atoms with Gasteiger partial charge in [0.1, 0.15) is 0 Å². The molecule has 0 saturated carbocycles. The lowest BCUT2D eigenvalue weighted by molar-refractivity contribution is -0.128. The fraction of sp³-hybridized carbons (Fsp3) is 0.412. The fourth-order valence-corrected chi connectivity index (χ4v) is 2.36. The third kappa shape index (κ3) is 5.02. The Hall–Kier alpha value is -2.50. The summed E-state index contributed by atoms with van der Waals surface area (Å²) < 4.78 is 2.19. The molecule has 6 nitrogen and oxygen atoms in total. The molecule has 2 rings (SSSR count). The van der Waals surface area contributed by atoms with Gasteiger partial charge in [0.05, 0.1) is 0 Å². The third-order valence-corrected chi connectivity index (χ3v) is 3.66. The second-order valence-corrected chi connectivity index (χ2v) is 5.64. The maximum Gasteiger partial charge on any atom is 0.314 e. The Balaban J connectivity index is 1.63. The first-order valence-corrected chi connectivity index (χ1v) is 7.83. The maximum atomic E-state index is 11.6. The minimum atomic E-state index is -0.228. The van der Waals surface area contributed by atoms with Gasteiger partial charge in [0.15, 0.2) is 0 Å². The van der Waals surface area contributed by atoms with Gasteiger partial charge in [-0.05, 0) is 23.9 Å². The second kappa shape index (κ2) is 8.22. The summed E-state index contributed by atoms with van der Waals surface area (Å²) in [7, 11) is 3.40. The number of amides is 3. The van der Waals surface area contributed by atoms with E-state index in [2.05, 4.69) is 39.6 Å². The van der Waals surface area contributed by atoms with Crippen LogP contribution in [0.3, 0.4) is 0 Å². The van der Waals surface area contributed by atoms with Gasteiger partial charge in [-0.25, -0.2) is 4.79 Å². The summed E-state index contributed by atoms with van der Waals surface area (Å²) >= 11 is 0. The summed E-state index contributed by atoms with van der Waals surface area (Å²) in [5, 5.41) is 6.72. The van der Waals surface area contributed by atoms with E-state index in [0.29, 0.717) is 19.5 Å². The van der Waals surface area contributed by atoms with E-state index in [1.54, 1.807) is 14.1 Å². The van der Waals surface area contributed by atoms with Crippen molar-refractivity contribution < 1.29 is 9.59 Å². The van der Waals surface area contributed by atoms with Crippen LogP contribution in [0, 0.1) is 0 Å². The van der Waals surface area contributed by atoms with Gasteiger partial charge < -0.3 is 20.1 Å². The summed E-state index contributed by atoms with van der Waals surface area (Å²) in [5.74, 6) is 0.00443. The quantitative estimate of drug-likeness (QED) is 0.765. The van der Waals surface area contributed by atoms with Crippen LogP contribution in [0.4, 0.5) is 4.79 Å². The number of fused-ring (bicyclic) bond motifs is 1. The standard InChI is InChI=1S/C17H24N4O2/c1-20(2)16(22)8-11-19-17(23)18-10-5-12-21-13-9-14-6-3-4-7-15(14)21/h3-4,6-7,9,13H,5,8,10-12H2,1-2H3,(H2,18,19,23). The maximum absolute atomic E-state index is 11.6. The van der Waals surface area contributed by atoms with E-state index in [1.165, 1.54) is 15.8 Å². The molecule has 0 spiro atoms. The summed E-state index contributed by atoms with van der Waals surface area (Å²) in [6, 6.07) is 10.1. The molecule has 124 valence electrons. The topological polar surface area (TPSA) is 66.4 Å². The Morgan fingerprint density at radius 1 is 1.09 bits per heavy atom. The first kappa shape index (κ1) is 16.9. The molecule has 0 atom stereocenters. The van der Waals surface area contributed by atoms with Crippen LogP contribution in [-0.2, 0) is 11.3 Å². The van der Waals surface area contributed by atoms with Crippen molar-refractivity contribution >= 4 is 22.8 Å². The van der Waals surface area contributed by atoms with Crippen LogP contribution in [0.5, 0.6) is 0 Å². The number of nitrogens with one attached hydrogen (secondary N) is 2. The Kier molecular flexibility index (Phi) is 6.02. The molecule has 0 aliphatic heterocycles. The highest BCUT2D eigenvalue weighted by molar-refractivity contribution is 5.80. The number of hydrogen-bond donors (Lipinski definition) is 2. The van der Waals surface area contributed by atoms with Crippen LogP contribution in [0.2, 0.25) is 0 Å². The Morgan fingerprint density at radius 3 is 2.61 bits per heavy atom. The molecule has 1 aromatic carbocycles. The van der Waals surface area contributed by atoms with Gasteiger partial charge in [-0.3, -0.25) is 4.79 Å². The van der Waals surface area contributed by atoms with Crippen LogP contribution >= 0.6 is 0 Å². The monoisotopic (exact) mass is 316 g/mol. The van der Waals surface area contributed by atoms with Gasteiger partial charge in [-0.2, -0.15) is 0 Å². The van der Waals surface area contributed by atoms with Crippen molar-refractivity contribution in [1.82, 2.24) is 20.1 Å². The number of aromatic nitrogens is 1. The molecule has 0 aliphatic carbocycles. The molecule has 0 aliphatic rings. The van der Waals surface area contributed by atoms with E-state index in [1.807, 2.05) is 12.1 Å². The van der Waals surface area contributed by atoms with Crippen molar-refractivity contribution in [2.75, 3.05) is 27.2 Å². The van der Waals surface area contributed by atoms with E-state index in [-0.39, 0.29) is 11.9 Å². The number of aryl methyl sites for hydroxylation is 1. The van der Waals surface area contributed by atoms with E-state index in [0.717, 1.165) is 13.0 Å². The van der Waals surface area contributed by atoms with Crippen molar-refractivity contribution in [3.05, 3.63) is 36.5 Å². The number of benzene rings is 1. The summed E-state index contributed by atoms with van der Waals surface area (Å²) in [6.07, 6.45) is 3.23. The highest BCUT2D eigenvalue weighted by Gasteiger charge is 2.05. The number of nitrogens with zero attached hydrogens (tertiary/aromatic N) is 2. The molecule has 0 fully saturated rings. The number of carbonyl (C=O) groups is 2. The van der Waals surface area contributed by atoms with Gasteiger partial charge in [0, 0.05) is 51.9 Å². The smallest absolute Gasteiger partial charge is 0.314 e. The molecule has 1 heterocycles. The van der Waals surface area contributed by atoms with Crippen LogP contribution in [0.1, 0.15) is 12.8 Å². The zero-order valence-electron chi connectivity index (χ0n) is 13.7. The molecule has 3 amide bonds. The minimum absolute atomic E-state index is 0.00443. The molecule has 6 heteroatoms. The second-order valence-electron chi connectivity index (χ2n) is 5.64. The van der Waals surface area contributed by atoms with Gasteiger partial charge >= 0.3 is 6.03 Å². The molecule has 0 unspecified atom stereocenters. The predicted molar refractivity (Wildman–Crippen MR) is 91.3 cm³/mol. The largest absolute Gasteiger partial charge is 0.349 e. The van der Waals surface area contributed by atoms with Crippen LogP contribution < -0.4 is 10.6 Å². The molecule has 1 aromatic heterocycles. The first-order chi connectivity index (χ1) is 11.1. The number of hydrogen-bond acceptors (Lipinski definition) is 2. The van der Waals surface area contributed by atoms with Gasteiger partial charge in [-0.1, -0.05) is 18.2 Å². The summed E-state index contributed by atoms with van der Waals surface area (Å²) in [5.41, 5.74) is 1.21. The van der Waals surface area contributed by atoms with Crippen molar-refractivity contribution in [1.29, 1.82) is 0 Å². The van der Waals surface area contributed by atoms with E-state index >= 15 is 0 Å². The summed E-state index contributed by atoms with van der Waals surface area (Å²) in [6.45, 7) is 1.80. The van der Waals surface area contributed by atoms with Gasteiger partial charge in [-0.15, -0.1) is 0 Å². The molecule has 2 aromatic rings. The summed E-state index contributed by atoms with van der Waals surface area (Å²) in [4.78, 5) is 24.5. The normalized spacial score (nSPS) is 10.5. The zero-order valence-corrected chi connectivity index (χ0v) is 13.7. The number of urea groups is 1. The third-order valence-electron chi connectivity index (χ3n) is 3.66. The van der Waals surface area contributed by atoms with Crippen molar-refractivity contribution in [2.24, 2.45) is 0 Å². The minimum Gasteiger partial charge on any atom is -0.349 e. The van der Waals surface area contributed by atoms with Crippen LogP contribution in [0.25, 0.3) is 10.9 Å². The Morgan fingerprint density at radius 2 is 1.83 bits per heavy atom. The number of para-hydroxylation sites is 1. The molecule has 0 saturated heterocycles. The lowest BCUT2D eigenvalue weighted by Crippen LogP contribution is -2.38. The SMILES string of the molecule is CN(C)C(=O)CCNC(=O)NCCCn1ccc2ccccc21. The Labute approximate surface area is 136 Å². The van der Waals surface area contributed by atoms with E-state index in [9.17, 15) is 9.59 Å².